The molecule has 0 radical (unpaired) electrons. The Morgan fingerprint density at radius 2 is 1.80 bits per heavy atom. The molecule has 6 rings (SSSR count). The van der Waals surface area contributed by atoms with Gasteiger partial charge in [0.1, 0.15) is 5.60 Å². The third kappa shape index (κ3) is 3.83. The van der Waals surface area contributed by atoms with Gasteiger partial charge in [0.25, 0.3) is 0 Å². The van der Waals surface area contributed by atoms with E-state index < -0.39 is 5.60 Å². The van der Waals surface area contributed by atoms with Crippen molar-refractivity contribution in [3.63, 3.8) is 0 Å². The van der Waals surface area contributed by atoms with Crippen LogP contribution < -0.4 is 5.32 Å². The average molecular weight is 415 g/mol. The van der Waals surface area contributed by atoms with Gasteiger partial charge in [-0.1, -0.05) is 0 Å². The van der Waals surface area contributed by atoms with E-state index in [1.165, 1.54) is 38.5 Å². The Hall–Kier alpha value is -2.05. The molecule has 4 aliphatic carbocycles. The molecule has 7 heteroatoms. The Morgan fingerprint density at radius 1 is 1.17 bits per heavy atom. The average Bonchev–Trinajstić information content (AvgIpc) is 3.00. The van der Waals surface area contributed by atoms with Crippen molar-refractivity contribution in [2.75, 3.05) is 11.9 Å². The molecular weight excluding hydrogens is 380 g/mol. The topological polar surface area (TPSA) is 87.3 Å². The van der Waals surface area contributed by atoms with Crippen LogP contribution in [-0.2, 0) is 22.5 Å². The smallest absolute Gasteiger partial charge is 0.410 e. The number of amides is 2. The second kappa shape index (κ2) is 6.99. The Morgan fingerprint density at radius 3 is 2.40 bits per heavy atom. The number of carbonyl (C=O) groups excluding carboxylic acids is 2. The van der Waals surface area contributed by atoms with Crippen molar-refractivity contribution in [2.24, 2.45) is 23.2 Å². The van der Waals surface area contributed by atoms with Gasteiger partial charge >= 0.3 is 6.09 Å². The number of rotatable bonds is 3. The molecule has 0 atom stereocenters. The monoisotopic (exact) mass is 414 g/mol. The maximum absolute atomic E-state index is 13.0. The molecule has 0 aromatic carbocycles. The van der Waals surface area contributed by atoms with Gasteiger partial charge in [0.15, 0.2) is 5.82 Å². The number of hydrogen-bond acceptors (Lipinski definition) is 4. The van der Waals surface area contributed by atoms with Crippen LogP contribution in [0.3, 0.4) is 0 Å². The van der Waals surface area contributed by atoms with Crippen LogP contribution >= 0.6 is 0 Å². The first-order chi connectivity index (χ1) is 14.2. The van der Waals surface area contributed by atoms with E-state index >= 15 is 0 Å². The fourth-order valence-corrected chi connectivity index (χ4v) is 6.93. The van der Waals surface area contributed by atoms with Gasteiger partial charge in [0.05, 0.1) is 12.2 Å². The van der Waals surface area contributed by atoms with E-state index in [2.05, 4.69) is 15.5 Å². The molecule has 30 heavy (non-hydrogen) atoms. The van der Waals surface area contributed by atoms with Gasteiger partial charge in [-0.2, -0.15) is 5.10 Å². The molecule has 4 bridgehead atoms. The second-order valence-electron chi connectivity index (χ2n) is 11.3. The van der Waals surface area contributed by atoms with Crippen LogP contribution in [-0.4, -0.2) is 39.2 Å². The normalized spacial score (nSPS) is 32.1. The first kappa shape index (κ1) is 19.9. The van der Waals surface area contributed by atoms with E-state index in [0.717, 1.165) is 29.0 Å². The number of H-pyrrole nitrogens is 1. The predicted molar refractivity (Wildman–Crippen MR) is 113 cm³/mol. The molecule has 1 aromatic rings. The zero-order valence-electron chi connectivity index (χ0n) is 18.4. The van der Waals surface area contributed by atoms with E-state index in [0.29, 0.717) is 31.7 Å². The van der Waals surface area contributed by atoms with Crippen molar-refractivity contribution in [3.8, 4) is 0 Å². The number of nitrogens with zero attached hydrogens (tertiary/aromatic N) is 2. The Kier molecular flexibility index (Phi) is 4.63. The minimum absolute atomic E-state index is 0.0980. The van der Waals surface area contributed by atoms with E-state index in [9.17, 15) is 9.59 Å². The van der Waals surface area contributed by atoms with Crippen molar-refractivity contribution >= 4 is 17.8 Å². The summed E-state index contributed by atoms with van der Waals surface area (Å²) in [6.07, 6.45) is 8.85. The molecule has 2 N–H and O–H groups in total. The fraction of sp³-hybridized carbons (Fsp3) is 0.783. The number of aromatic nitrogens is 2. The molecule has 5 aliphatic rings. The highest BCUT2D eigenvalue weighted by molar-refractivity contribution is 5.91. The lowest BCUT2D eigenvalue weighted by molar-refractivity contribution is -0.124. The number of hydrogen-bond donors (Lipinski definition) is 2. The lowest BCUT2D eigenvalue weighted by atomic mass is 9.49. The molecule has 2 heterocycles. The van der Waals surface area contributed by atoms with E-state index in [4.69, 9.17) is 4.74 Å². The van der Waals surface area contributed by atoms with Crippen molar-refractivity contribution in [2.45, 2.75) is 84.3 Å². The van der Waals surface area contributed by atoms with Gasteiger partial charge in [-0.15, -0.1) is 0 Å². The number of fused-ring (bicyclic) bond motifs is 1. The molecule has 0 spiro atoms. The lowest BCUT2D eigenvalue weighted by Crippen LogP contribution is -2.47. The van der Waals surface area contributed by atoms with E-state index in [-0.39, 0.29) is 17.4 Å². The standard InChI is InChI=1S/C23H34N4O3/c1-22(2,3)30-21(29)27-5-4-17-18(13-27)25-26-20(17)24-19(28)12-23-9-14-6-15(10-23)8-16(7-14)11-23/h14-16H,4-13H2,1-3H3,(H2,24,25,26,28). The molecule has 2 amide bonds. The first-order valence-corrected chi connectivity index (χ1v) is 11.5. The molecule has 4 fully saturated rings. The summed E-state index contributed by atoms with van der Waals surface area (Å²) in [4.78, 5) is 27.0. The quantitative estimate of drug-likeness (QED) is 0.774. The maximum Gasteiger partial charge on any atom is 0.410 e. The zero-order chi connectivity index (χ0) is 21.1. The molecule has 4 saturated carbocycles. The zero-order valence-corrected chi connectivity index (χ0v) is 18.4. The van der Waals surface area contributed by atoms with Crippen LogP contribution in [0.5, 0.6) is 0 Å². The van der Waals surface area contributed by atoms with E-state index in [1.807, 2.05) is 20.8 Å². The molecule has 1 aromatic heterocycles. The Labute approximate surface area is 178 Å². The fourth-order valence-electron chi connectivity index (χ4n) is 6.93. The summed E-state index contributed by atoms with van der Waals surface area (Å²) in [6.45, 7) is 6.61. The first-order valence-electron chi connectivity index (χ1n) is 11.5. The minimum atomic E-state index is -0.512. The van der Waals surface area contributed by atoms with Gasteiger partial charge in [0, 0.05) is 18.5 Å². The highest BCUT2D eigenvalue weighted by Crippen LogP contribution is 2.61. The van der Waals surface area contributed by atoms with Crippen molar-refractivity contribution in [1.29, 1.82) is 0 Å². The lowest BCUT2D eigenvalue weighted by Gasteiger charge is -2.56. The maximum atomic E-state index is 13.0. The summed E-state index contributed by atoms with van der Waals surface area (Å²) in [6, 6.07) is 0. The van der Waals surface area contributed by atoms with Crippen LogP contribution in [0.1, 0.15) is 77.0 Å². The Bertz CT molecular complexity index is 818. The summed E-state index contributed by atoms with van der Waals surface area (Å²) >= 11 is 0. The SMILES string of the molecule is CC(C)(C)OC(=O)N1CCc2c(NC(=O)CC34CC5CC(CC(C5)C3)C4)n[nH]c2C1. The molecule has 1 aliphatic heterocycles. The van der Waals surface area contributed by atoms with Crippen molar-refractivity contribution < 1.29 is 14.3 Å². The van der Waals surface area contributed by atoms with Crippen LogP contribution in [0.2, 0.25) is 0 Å². The number of ether oxygens (including phenoxy) is 1. The molecule has 0 saturated heterocycles. The predicted octanol–water partition coefficient (Wildman–Crippen LogP) is 4.25. The highest BCUT2D eigenvalue weighted by Gasteiger charge is 2.51. The minimum Gasteiger partial charge on any atom is -0.444 e. The van der Waals surface area contributed by atoms with Gasteiger partial charge < -0.3 is 15.0 Å². The summed E-state index contributed by atoms with van der Waals surface area (Å²) in [5.41, 5.74) is 1.62. The van der Waals surface area contributed by atoms with Crippen molar-refractivity contribution in [1.82, 2.24) is 15.1 Å². The molecule has 0 unspecified atom stereocenters. The molecule has 164 valence electrons. The number of aromatic amines is 1. The highest BCUT2D eigenvalue weighted by atomic mass is 16.6. The van der Waals surface area contributed by atoms with Crippen LogP contribution in [0, 0.1) is 23.2 Å². The van der Waals surface area contributed by atoms with E-state index in [1.54, 1.807) is 4.90 Å². The summed E-state index contributed by atoms with van der Waals surface area (Å²) in [7, 11) is 0. The third-order valence-corrected chi connectivity index (χ3v) is 7.54. The summed E-state index contributed by atoms with van der Waals surface area (Å²) in [5.74, 6) is 3.28. The van der Waals surface area contributed by atoms with Crippen LogP contribution in [0.25, 0.3) is 0 Å². The second-order valence-corrected chi connectivity index (χ2v) is 11.3. The number of nitrogens with one attached hydrogen (secondary N) is 2. The third-order valence-electron chi connectivity index (χ3n) is 7.54. The van der Waals surface area contributed by atoms with Gasteiger partial charge in [-0.3, -0.25) is 9.89 Å². The summed E-state index contributed by atoms with van der Waals surface area (Å²) < 4.78 is 5.48. The number of anilines is 1. The van der Waals surface area contributed by atoms with Crippen LogP contribution in [0.4, 0.5) is 10.6 Å². The van der Waals surface area contributed by atoms with Gasteiger partial charge in [-0.25, -0.2) is 4.79 Å². The van der Waals surface area contributed by atoms with Gasteiger partial charge in [-0.05, 0) is 88.9 Å². The number of carbonyl (C=O) groups is 2. The van der Waals surface area contributed by atoms with Crippen molar-refractivity contribution in [3.05, 3.63) is 11.3 Å². The van der Waals surface area contributed by atoms with Gasteiger partial charge in [0.2, 0.25) is 5.91 Å². The largest absolute Gasteiger partial charge is 0.444 e. The molecular formula is C23H34N4O3. The van der Waals surface area contributed by atoms with Crippen LogP contribution in [0.15, 0.2) is 0 Å². The Balaban J connectivity index is 1.21. The summed E-state index contributed by atoms with van der Waals surface area (Å²) in [5, 5.41) is 10.5. The molecule has 7 nitrogen and oxygen atoms in total.